The van der Waals surface area contributed by atoms with E-state index in [2.05, 4.69) is 14.8 Å². The lowest BCUT2D eigenvalue weighted by atomic mass is 10.0. The van der Waals surface area contributed by atoms with Crippen molar-refractivity contribution in [2.24, 2.45) is 0 Å². The Bertz CT molecular complexity index is 1250. The lowest BCUT2D eigenvalue weighted by molar-refractivity contribution is -0.117. The number of aryl methyl sites for hydroxylation is 1. The molecule has 1 aliphatic rings. The van der Waals surface area contributed by atoms with Crippen LogP contribution in [0.5, 0.6) is 0 Å². The second kappa shape index (κ2) is 10.7. The molecule has 0 fully saturated rings. The molecular weight excluding hydrogens is 476 g/mol. The molecule has 11 heteroatoms. The van der Waals surface area contributed by atoms with Crippen LogP contribution in [0.2, 0.25) is 0 Å². The number of rotatable bonds is 7. The van der Waals surface area contributed by atoms with Crippen LogP contribution in [0, 0.1) is 0 Å². The van der Waals surface area contributed by atoms with Gasteiger partial charge in [0, 0.05) is 31.3 Å². The number of carbonyl (C=O) groups is 4. The molecule has 35 heavy (non-hydrogen) atoms. The normalized spacial score (nSPS) is 12.9. The minimum Gasteiger partial charge on any atom is -0.465 e. The third-order valence-corrected chi connectivity index (χ3v) is 7.28. The summed E-state index contributed by atoms with van der Waals surface area (Å²) < 4.78 is 35.1. The molecule has 1 aliphatic heterocycles. The molecule has 0 spiro atoms. The molecule has 10 nitrogen and oxygen atoms in total. The molecule has 2 amide bonds. The van der Waals surface area contributed by atoms with Crippen molar-refractivity contribution in [2.75, 3.05) is 36.7 Å². The van der Waals surface area contributed by atoms with E-state index in [0.29, 0.717) is 18.7 Å². The summed E-state index contributed by atoms with van der Waals surface area (Å²) in [5, 5.41) is 2.51. The van der Waals surface area contributed by atoms with Gasteiger partial charge in [-0.2, -0.15) is 0 Å². The summed E-state index contributed by atoms with van der Waals surface area (Å²) >= 11 is 0. The van der Waals surface area contributed by atoms with E-state index in [1.54, 1.807) is 17.0 Å². The number of amides is 2. The molecule has 0 atom stereocenters. The number of carbonyl (C=O) groups excluding carboxylic acids is 4. The summed E-state index contributed by atoms with van der Waals surface area (Å²) in [6.07, 6.45) is 1.04. The van der Waals surface area contributed by atoms with Crippen LogP contribution in [-0.4, -0.2) is 58.7 Å². The Morgan fingerprint density at radius 3 is 2.17 bits per heavy atom. The largest absolute Gasteiger partial charge is 0.465 e. The Hall–Kier alpha value is -3.73. The molecule has 0 saturated heterocycles. The average molecular weight is 503 g/mol. The molecule has 186 valence electrons. The van der Waals surface area contributed by atoms with Gasteiger partial charge in [-0.3, -0.25) is 9.59 Å². The lowest BCUT2D eigenvalue weighted by Gasteiger charge is -2.28. The number of anilines is 2. The van der Waals surface area contributed by atoms with Gasteiger partial charge in [0.05, 0.1) is 36.0 Å². The van der Waals surface area contributed by atoms with E-state index in [1.165, 1.54) is 45.4 Å². The number of sulfone groups is 1. The monoisotopic (exact) mass is 502 g/mol. The molecule has 1 N–H and O–H groups in total. The molecule has 0 unspecified atom stereocenters. The van der Waals surface area contributed by atoms with Gasteiger partial charge >= 0.3 is 11.9 Å². The second-order valence-electron chi connectivity index (χ2n) is 7.96. The van der Waals surface area contributed by atoms with E-state index in [-0.39, 0.29) is 34.0 Å². The van der Waals surface area contributed by atoms with Gasteiger partial charge in [0.2, 0.25) is 11.8 Å². The first-order valence-corrected chi connectivity index (χ1v) is 12.5. The predicted molar refractivity (Wildman–Crippen MR) is 127 cm³/mol. The molecule has 3 rings (SSSR count). The van der Waals surface area contributed by atoms with Crippen LogP contribution in [0.1, 0.15) is 46.0 Å². The highest BCUT2D eigenvalue weighted by Gasteiger charge is 2.24. The van der Waals surface area contributed by atoms with Gasteiger partial charge in [0.1, 0.15) is 0 Å². The fraction of sp³-hybridized carbons (Fsp3) is 0.333. The van der Waals surface area contributed by atoms with Crippen LogP contribution < -0.4 is 10.2 Å². The number of nitrogens with one attached hydrogen (secondary N) is 1. The van der Waals surface area contributed by atoms with Crippen molar-refractivity contribution in [3.63, 3.8) is 0 Å². The Kier molecular flexibility index (Phi) is 7.90. The quantitative estimate of drug-likeness (QED) is 0.570. The minimum absolute atomic E-state index is 0.0204. The summed E-state index contributed by atoms with van der Waals surface area (Å²) in [4.78, 5) is 49.8. The van der Waals surface area contributed by atoms with Crippen LogP contribution in [0.4, 0.5) is 11.4 Å². The highest BCUT2D eigenvalue weighted by molar-refractivity contribution is 7.91. The SMILES string of the molecule is COC(=O)c1cc(NC(=O)CCS(=O)(=O)c2ccc3c(c2)CCCN3C(C)=O)cc(C(=O)OC)c1. The van der Waals surface area contributed by atoms with Crippen molar-refractivity contribution >= 4 is 45.0 Å². The summed E-state index contributed by atoms with van der Waals surface area (Å²) in [6, 6.07) is 8.51. The zero-order valence-electron chi connectivity index (χ0n) is 19.6. The summed E-state index contributed by atoms with van der Waals surface area (Å²) in [6.45, 7) is 2.05. The average Bonchev–Trinajstić information content (AvgIpc) is 2.85. The zero-order valence-corrected chi connectivity index (χ0v) is 20.4. The number of fused-ring (bicyclic) bond motifs is 1. The van der Waals surface area contributed by atoms with Crippen molar-refractivity contribution in [1.82, 2.24) is 0 Å². The second-order valence-corrected chi connectivity index (χ2v) is 10.1. The Labute approximate surface area is 203 Å². The van der Waals surface area contributed by atoms with Crippen LogP contribution in [-0.2, 0) is 35.3 Å². The fourth-order valence-corrected chi connectivity index (χ4v) is 5.12. The van der Waals surface area contributed by atoms with E-state index in [1.807, 2.05) is 0 Å². The molecule has 0 bridgehead atoms. The molecule has 0 radical (unpaired) electrons. The first kappa shape index (κ1) is 25.9. The third-order valence-electron chi connectivity index (χ3n) is 5.57. The third kappa shape index (κ3) is 6.04. The van der Waals surface area contributed by atoms with Crippen LogP contribution in [0.15, 0.2) is 41.3 Å². The van der Waals surface area contributed by atoms with Gasteiger partial charge in [-0.1, -0.05) is 0 Å². The first-order chi connectivity index (χ1) is 16.6. The van der Waals surface area contributed by atoms with E-state index in [0.717, 1.165) is 12.0 Å². The fourth-order valence-electron chi connectivity index (χ4n) is 3.83. The zero-order chi connectivity index (χ0) is 25.8. The molecule has 0 aliphatic carbocycles. The van der Waals surface area contributed by atoms with Gasteiger partial charge < -0.3 is 19.7 Å². The number of methoxy groups -OCH3 is 2. The van der Waals surface area contributed by atoms with E-state index >= 15 is 0 Å². The molecule has 2 aromatic rings. The Morgan fingerprint density at radius 1 is 0.971 bits per heavy atom. The van der Waals surface area contributed by atoms with Gasteiger partial charge in [-0.25, -0.2) is 18.0 Å². The van der Waals surface area contributed by atoms with Gasteiger partial charge in [-0.05, 0) is 54.8 Å². The number of esters is 2. The number of hydrogen-bond acceptors (Lipinski definition) is 8. The molecule has 1 heterocycles. The van der Waals surface area contributed by atoms with Crippen LogP contribution in [0.25, 0.3) is 0 Å². The number of hydrogen-bond donors (Lipinski definition) is 1. The number of nitrogens with zero attached hydrogens (tertiary/aromatic N) is 1. The van der Waals surface area contributed by atoms with Gasteiger partial charge in [0.25, 0.3) is 0 Å². The standard InChI is InChI=1S/C24H26N2O8S/c1-15(27)26-9-4-5-16-14-20(6-7-21(16)26)35(31,32)10-8-22(28)25-19-12-17(23(29)33-2)11-18(13-19)24(30)34-3/h6-7,11-14H,4-5,8-10H2,1-3H3,(H,25,28). The number of benzene rings is 2. The van der Waals surface area contributed by atoms with Crippen LogP contribution in [0.3, 0.4) is 0 Å². The number of ether oxygens (including phenoxy) is 2. The minimum atomic E-state index is -3.78. The Balaban J connectivity index is 1.73. The van der Waals surface area contributed by atoms with Crippen LogP contribution >= 0.6 is 0 Å². The maximum atomic E-state index is 12.9. The summed E-state index contributed by atoms with van der Waals surface area (Å²) in [5.41, 5.74) is 1.63. The smallest absolute Gasteiger partial charge is 0.337 e. The van der Waals surface area contributed by atoms with Crippen molar-refractivity contribution in [2.45, 2.75) is 31.1 Å². The first-order valence-electron chi connectivity index (χ1n) is 10.8. The van der Waals surface area contributed by atoms with Crippen molar-refractivity contribution < 1.29 is 37.1 Å². The highest BCUT2D eigenvalue weighted by Crippen LogP contribution is 2.30. The molecule has 0 saturated carbocycles. The van der Waals surface area contributed by atoms with Crippen molar-refractivity contribution in [1.29, 1.82) is 0 Å². The van der Waals surface area contributed by atoms with Crippen molar-refractivity contribution in [3.8, 4) is 0 Å². The summed E-state index contributed by atoms with van der Waals surface area (Å²) in [5.74, 6) is -2.61. The van der Waals surface area contributed by atoms with Crippen molar-refractivity contribution in [3.05, 3.63) is 53.1 Å². The predicted octanol–water partition coefficient (Wildman–Crippen LogP) is 2.36. The van der Waals surface area contributed by atoms with Gasteiger partial charge in [0.15, 0.2) is 9.84 Å². The molecular formula is C24H26N2O8S. The highest BCUT2D eigenvalue weighted by atomic mass is 32.2. The maximum absolute atomic E-state index is 12.9. The van der Waals surface area contributed by atoms with E-state index in [9.17, 15) is 27.6 Å². The molecule has 0 aromatic heterocycles. The van der Waals surface area contributed by atoms with E-state index < -0.39 is 33.4 Å². The van der Waals surface area contributed by atoms with Gasteiger partial charge in [-0.15, -0.1) is 0 Å². The van der Waals surface area contributed by atoms with E-state index in [4.69, 9.17) is 0 Å². The Morgan fingerprint density at radius 2 is 1.60 bits per heavy atom. The lowest BCUT2D eigenvalue weighted by Crippen LogP contribution is -2.33. The maximum Gasteiger partial charge on any atom is 0.337 e. The topological polar surface area (TPSA) is 136 Å². The summed E-state index contributed by atoms with van der Waals surface area (Å²) in [7, 11) is -1.43. The molecule has 2 aromatic carbocycles.